The summed E-state index contributed by atoms with van der Waals surface area (Å²) in [6, 6.07) is 0. The Bertz CT molecular complexity index is 306. The van der Waals surface area contributed by atoms with Gasteiger partial charge in [0.2, 0.25) is 5.91 Å². The van der Waals surface area contributed by atoms with Crippen molar-refractivity contribution in [2.24, 2.45) is 11.3 Å². The minimum Gasteiger partial charge on any atom is -0.341 e. The first-order valence-electron chi connectivity index (χ1n) is 8.06. The molecule has 1 heterocycles. The van der Waals surface area contributed by atoms with Gasteiger partial charge < -0.3 is 9.80 Å². The molecule has 2 rings (SSSR count). The molecule has 1 saturated carbocycles. The molecule has 110 valence electrons. The van der Waals surface area contributed by atoms with Crippen LogP contribution in [0.3, 0.4) is 0 Å². The zero-order valence-electron chi connectivity index (χ0n) is 13.0. The fraction of sp³-hybridized carbons (Fsp3) is 0.938. The number of carbonyl (C=O) groups excluding carboxylic acids is 1. The summed E-state index contributed by atoms with van der Waals surface area (Å²) in [6.07, 6.45) is 6.49. The van der Waals surface area contributed by atoms with Crippen molar-refractivity contribution >= 4 is 5.91 Å². The minimum atomic E-state index is 0.257. The summed E-state index contributed by atoms with van der Waals surface area (Å²) in [5.74, 6) is 0.680. The molecule has 0 N–H and O–H groups in total. The van der Waals surface area contributed by atoms with Gasteiger partial charge in [0, 0.05) is 25.6 Å². The lowest BCUT2D eigenvalue weighted by Crippen LogP contribution is -2.40. The van der Waals surface area contributed by atoms with Crippen LogP contribution in [-0.4, -0.2) is 48.4 Å². The minimum absolute atomic E-state index is 0.257. The monoisotopic (exact) mass is 266 g/mol. The van der Waals surface area contributed by atoms with Gasteiger partial charge in [-0.3, -0.25) is 4.79 Å². The Labute approximate surface area is 118 Å². The summed E-state index contributed by atoms with van der Waals surface area (Å²) in [5.41, 5.74) is 0.257. The van der Waals surface area contributed by atoms with Crippen molar-refractivity contribution in [2.75, 3.05) is 32.7 Å². The Kier molecular flexibility index (Phi) is 4.88. The highest BCUT2D eigenvalue weighted by atomic mass is 16.2. The van der Waals surface area contributed by atoms with Gasteiger partial charge in [-0.05, 0) is 44.7 Å². The third kappa shape index (κ3) is 3.95. The van der Waals surface area contributed by atoms with E-state index in [4.69, 9.17) is 0 Å². The van der Waals surface area contributed by atoms with E-state index in [1.54, 1.807) is 0 Å². The van der Waals surface area contributed by atoms with Crippen molar-refractivity contribution in [2.45, 2.75) is 52.9 Å². The molecule has 0 aromatic rings. The molecule has 1 amide bonds. The zero-order chi connectivity index (χ0) is 13.9. The summed E-state index contributed by atoms with van der Waals surface area (Å²) in [4.78, 5) is 17.0. The normalized spacial score (nSPS) is 26.8. The molecular formula is C16H30N2O. The van der Waals surface area contributed by atoms with Crippen molar-refractivity contribution in [3.05, 3.63) is 0 Å². The SMILES string of the molecule is CCN(CCN1CCCCCC1)C(=O)C1CC1(C)C. The van der Waals surface area contributed by atoms with Crippen LogP contribution >= 0.6 is 0 Å². The van der Waals surface area contributed by atoms with Crippen LogP contribution in [0.4, 0.5) is 0 Å². The smallest absolute Gasteiger partial charge is 0.226 e. The highest BCUT2D eigenvalue weighted by molar-refractivity contribution is 5.82. The highest BCUT2D eigenvalue weighted by Crippen LogP contribution is 2.52. The summed E-state index contributed by atoms with van der Waals surface area (Å²) in [7, 11) is 0. The number of hydrogen-bond donors (Lipinski definition) is 0. The molecule has 19 heavy (non-hydrogen) atoms. The van der Waals surface area contributed by atoms with Gasteiger partial charge in [0.05, 0.1) is 0 Å². The van der Waals surface area contributed by atoms with Crippen LogP contribution in [-0.2, 0) is 4.79 Å². The lowest BCUT2D eigenvalue weighted by Gasteiger charge is -2.26. The predicted molar refractivity (Wildman–Crippen MR) is 79.1 cm³/mol. The van der Waals surface area contributed by atoms with Gasteiger partial charge in [0.15, 0.2) is 0 Å². The summed E-state index contributed by atoms with van der Waals surface area (Å²) < 4.78 is 0. The van der Waals surface area contributed by atoms with E-state index in [-0.39, 0.29) is 11.3 Å². The number of likely N-dealkylation sites (tertiary alicyclic amines) is 1. The molecule has 1 saturated heterocycles. The first-order valence-corrected chi connectivity index (χ1v) is 8.06. The van der Waals surface area contributed by atoms with Gasteiger partial charge in [-0.25, -0.2) is 0 Å². The van der Waals surface area contributed by atoms with E-state index in [1.807, 2.05) is 0 Å². The van der Waals surface area contributed by atoms with Crippen LogP contribution in [0.15, 0.2) is 0 Å². The second-order valence-corrected chi connectivity index (χ2v) is 6.92. The van der Waals surface area contributed by atoms with E-state index < -0.39 is 0 Å². The van der Waals surface area contributed by atoms with Crippen LogP contribution in [0.25, 0.3) is 0 Å². The van der Waals surface area contributed by atoms with Crippen molar-refractivity contribution < 1.29 is 4.79 Å². The van der Waals surface area contributed by atoms with Crippen LogP contribution in [0.2, 0.25) is 0 Å². The Morgan fingerprint density at radius 2 is 1.79 bits per heavy atom. The fourth-order valence-corrected chi connectivity index (χ4v) is 3.16. The molecule has 1 aliphatic carbocycles. The lowest BCUT2D eigenvalue weighted by atomic mass is 10.1. The summed E-state index contributed by atoms with van der Waals surface area (Å²) >= 11 is 0. The third-order valence-corrected chi connectivity index (χ3v) is 4.89. The highest BCUT2D eigenvalue weighted by Gasteiger charge is 2.51. The first-order chi connectivity index (χ1) is 9.04. The molecule has 0 radical (unpaired) electrons. The van der Waals surface area contributed by atoms with Crippen molar-refractivity contribution in [3.63, 3.8) is 0 Å². The molecule has 3 nitrogen and oxygen atoms in total. The van der Waals surface area contributed by atoms with Gasteiger partial charge in [-0.15, -0.1) is 0 Å². The van der Waals surface area contributed by atoms with Gasteiger partial charge in [-0.2, -0.15) is 0 Å². The van der Waals surface area contributed by atoms with E-state index in [2.05, 4.69) is 30.6 Å². The third-order valence-electron chi connectivity index (χ3n) is 4.89. The second-order valence-electron chi connectivity index (χ2n) is 6.92. The molecule has 0 aromatic carbocycles. The molecule has 0 bridgehead atoms. The molecular weight excluding hydrogens is 236 g/mol. The Balaban J connectivity index is 1.77. The van der Waals surface area contributed by atoms with Crippen LogP contribution in [0, 0.1) is 11.3 Å². The Morgan fingerprint density at radius 1 is 1.21 bits per heavy atom. The summed E-state index contributed by atoms with van der Waals surface area (Å²) in [6.45, 7) is 11.8. The first kappa shape index (κ1) is 14.8. The van der Waals surface area contributed by atoms with Crippen molar-refractivity contribution in [1.82, 2.24) is 9.80 Å². The maximum absolute atomic E-state index is 12.4. The number of carbonyl (C=O) groups is 1. The molecule has 2 aliphatic rings. The van der Waals surface area contributed by atoms with E-state index in [9.17, 15) is 4.79 Å². The molecule has 1 unspecified atom stereocenters. The Morgan fingerprint density at radius 3 is 2.26 bits per heavy atom. The van der Waals surface area contributed by atoms with E-state index in [1.165, 1.54) is 38.8 Å². The number of likely N-dealkylation sites (N-methyl/N-ethyl adjacent to an activating group) is 1. The fourth-order valence-electron chi connectivity index (χ4n) is 3.16. The second kappa shape index (κ2) is 6.25. The number of amides is 1. The maximum Gasteiger partial charge on any atom is 0.226 e. The topological polar surface area (TPSA) is 23.6 Å². The zero-order valence-corrected chi connectivity index (χ0v) is 13.0. The van der Waals surface area contributed by atoms with E-state index >= 15 is 0 Å². The van der Waals surface area contributed by atoms with Crippen molar-refractivity contribution in [3.8, 4) is 0 Å². The van der Waals surface area contributed by atoms with E-state index in [0.717, 1.165) is 26.1 Å². The average Bonchev–Trinajstić information content (AvgIpc) is 3.08. The molecule has 0 spiro atoms. The number of nitrogens with zero attached hydrogens (tertiary/aromatic N) is 2. The van der Waals surface area contributed by atoms with Crippen molar-refractivity contribution in [1.29, 1.82) is 0 Å². The van der Waals surface area contributed by atoms with Gasteiger partial charge in [0.25, 0.3) is 0 Å². The van der Waals surface area contributed by atoms with Gasteiger partial charge in [0.1, 0.15) is 0 Å². The molecule has 2 fully saturated rings. The predicted octanol–water partition coefficient (Wildman–Crippen LogP) is 2.76. The largest absolute Gasteiger partial charge is 0.341 e. The quantitative estimate of drug-likeness (QED) is 0.764. The molecule has 0 aromatic heterocycles. The number of hydrogen-bond acceptors (Lipinski definition) is 2. The molecule has 3 heteroatoms. The van der Waals surface area contributed by atoms with Gasteiger partial charge in [-0.1, -0.05) is 26.7 Å². The van der Waals surface area contributed by atoms with Gasteiger partial charge >= 0.3 is 0 Å². The summed E-state index contributed by atoms with van der Waals surface area (Å²) in [5, 5.41) is 0. The standard InChI is InChI=1S/C16H30N2O/c1-4-18(15(19)14-13-16(14,2)3)12-11-17-9-7-5-6-8-10-17/h14H,4-13H2,1-3H3. The lowest BCUT2D eigenvalue weighted by molar-refractivity contribution is -0.133. The van der Waals surface area contributed by atoms with Crippen LogP contribution in [0.5, 0.6) is 0 Å². The molecule has 1 aliphatic heterocycles. The van der Waals surface area contributed by atoms with E-state index in [0.29, 0.717) is 5.91 Å². The molecule has 1 atom stereocenters. The maximum atomic E-state index is 12.4. The van der Waals surface area contributed by atoms with Crippen LogP contribution in [0.1, 0.15) is 52.9 Å². The number of rotatable bonds is 5. The van der Waals surface area contributed by atoms with Crippen LogP contribution < -0.4 is 0 Å². The Hall–Kier alpha value is -0.570. The average molecular weight is 266 g/mol.